The number of hydrogen-bond donors (Lipinski definition) is 1. The molecule has 0 spiro atoms. The standard InChI is InChI=1S/C12H23O2PS2/c16-15(17,13-11-7-3-1-4-8-11)14-12-9-5-2-6-10-12/h11-12H,1-10H2,(H,16,17). The van der Waals surface area contributed by atoms with Crippen LogP contribution in [-0.4, -0.2) is 12.2 Å². The van der Waals surface area contributed by atoms with Crippen molar-refractivity contribution in [2.45, 2.75) is 76.4 Å². The zero-order chi connectivity index (χ0) is 12.1. The van der Waals surface area contributed by atoms with E-state index in [0.29, 0.717) is 12.2 Å². The molecule has 0 aromatic carbocycles. The van der Waals surface area contributed by atoms with Crippen LogP contribution in [0.1, 0.15) is 64.2 Å². The van der Waals surface area contributed by atoms with Crippen LogP contribution in [-0.2, 0) is 20.9 Å². The van der Waals surface area contributed by atoms with Gasteiger partial charge in [-0.25, -0.2) is 0 Å². The first-order valence-corrected chi connectivity index (χ1v) is 10.6. The predicted molar refractivity (Wildman–Crippen MR) is 79.2 cm³/mol. The van der Waals surface area contributed by atoms with Gasteiger partial charge in [-0.1, -0.05) is 50.8 Å². The number of hydrogen-bond acceptors (Lipinski definition) is 3. The van der Waals surface area contributed by atoms with Crippen molar-refractivity contribution < 1.29 is 9.05 Å². The summed E-state index contributed by atoms with van der Waals surface area (Å²) in [4.78, 5) is 0. The van der Waals surface area contributed by atoms with Gasteiger partial charge in [0.25, 0.3) is 0 Å². The molecular formula is C12H23O2PS2. The molecule has 0 heterocycles. The summed E-state index contributed by atoms with van der Waals surface area (Å²) in [5.41, 5.74) is -2.30. The van der Waals surface area contributed by atoms with Gasteiger partial charge >= 0.3 is 0 Å². The second kappa shape index (κ2) is 6.91. The van der Waals surface area contributed by atoms with Crippen molar-refractivity contribution in [1.29, 1.82) is 0 Å². The Kier molecular flexibility index (Phi) is 5.82. The summed E-state index contributed by atoms with van der Waals surface area (Å²) in [5, 5.41) is 0. The van der Waals surface area contributed by atoms with Crippen LogP contribution in [0.4, 0.5) is 0 Å². The third-order valence-electron chi connectivity index (χ3n) is 3.67. The Morgan fingerprint density at radius 1 is 0.765 bits per heavy atom. The van der Waals surface area contributed by atoms with E-state index < -0.39 is 5.69 Å². The van der Waals surface area contributed by atoms with E-state index in [1.807, 2.05) is 0 Å². The maximum absolute atomic E-state index is 5.95. The van der Waals surface area contributed by atoms with E-state index in [9.17, 15) is 0 Å². The Bertz CT molecular complexity index is 250. The molecule has 2 saturated carbocycles. The lowest BCUT2D eigenvalue weighted by Gasteiger charge is -2.31. The fraction of sp³-hybridized carbons (Fsp3) is 1.00. The quantitative estimate of drug-likeness (QED) is 0.591. The van der Waals surface area contributed by atoms with E-state index in [0.717, 1.165) is 25.7 Å². The van der Waals surface area contributed by atoms with Crippen molar-refractivity contribution >= 4 is 29.7 Å². The fourth-order valence-electron chi connectivity index (χ4n) is 2.74. The van der Waals surface area contributed by atoms with Crippen molar-refractivity contribution in [2.75, 3.05) is 0 Å². The van der Waals surface area contributed by atoms with Gasteiger partial charge in [-0.2, -0.15) is 0 Å². The molecule has 2 nitrogen and oxygen atoms in total. The van der Waals surface area contributed by atoms with Gasteiger partial charge in [0.15, 0.2) is 0 Å². The number of thiol groups is 1. The van der Waals surface area contributed by atoms with Crippen molar-refractivity contribution in [3.05, 3.63) is 0 Å². The van der Waals surface area contributed by atoms with E-state index in [1.54, 1.807) is 0 Å². The lowest BCUT2D eigenvalue weighted by molar-refractivity contribution is 0.109. The fourth-order valence-corrected chi connectivity index (χ4v) is 5.50. The van der Waals surface area contributed by atoms with Crippen LogP contribution < -0.4 is 0 Å². The molecule has 2 aliphatic carbocycles. The highest BCUT2D eigenvalue weighted by Gasteiger charge is 2.26. The van der Waals surface area contributed by atoms with Crippen LogP contribution >= 0.6 is 17.9 Å². The topological polar surface area (TPSA) is 18.5 Å². The molecule has 0 aromatic rings. The molecule has 0 amide bonds. The first-order valence-electron chi connectivity index (χ1n) is 6.85. The van der Waals surface area contributed by atoms with E-state index in [-0.39, 0.29) is 0 Å². The predicted octanol–water partition coefficient (Wildman–Crippen LogP) is 4.84. The summed E-state index contributed by atoms with van der Waals surface area (Å²) >= 11 is 9.92. The maximum Gasteiger partial charge on any atom is 0.244 e. The van der Waals surface area contributed by atoms with Crippen molar-refractivity contribution in [3.63, 3.8) is 0 Å². The molecule has 0 radical (unpaired) electrons. The summed E-state index contributed by atoms with van der Waals surface area (Å²) in [6, 6.07) is 0. The monoisotopic (exact) mass is 294 g/mol. The van der Waals surface area contributed by atoms with Crippen LogP contribution in [0.5, 0.6) is 0 Å². The second-order valence-corrected chi connectivity index (χ2v) is 10.4. The van der Waals surface area contributed by atoms with Gasteiger partial charge in [-0.15, -0.1) is 0 Å². The zero-order valence-corrected chi connectivity index (χ0v) is 13.0. The largest absolute Gasteiger partial charge is 0.318 e. The van der Waals surface area contributed by atoms with Crippen LogP contribution in [0.3, 0.4) is 0 Å². The van der Waals surface area contributed by atoms with Gasteiger partial charge in [-0.05, 0) is 37.5 Å². The highest BCUT2D eigenvalue weighted by atomic mass is 32.9. The average molecular weight is 294 g/mol. The van der Waals surface area contributed by atoms with E-state index in [2.05, 4.69) is 12.2 Å². The van der Waals surface area contributed by atoms with Gasteiger partial charge in [-0.3, -0.25) is 0 Å². The lowest BCUT2D eigenvalue weighted by atomic mass is 9.98. The van der Waals surface area contributed by atoms with Crippen LogP contribution in [0, 0.1) is 0 Å². The highest BCUT2D eigenvalue weighted by molar-refractivity contribution is 8.60. The second-order valence-electron chi connectivity index (χ2n) is 5.20. The minimum absolute atomic E-state index is 0.302. The summed E-state index contributed by atoms with van der Waals surface area (Å²) in [6.07, 6.45) is 12.8. The van der Waals surface area contributed by atoms with Gasteiger partial charge in [0.2, 0.25) is 5.69 Å². The summed E-state index contributed by atoms with van der Waals surface area (Å²) < 4.78 is 11.9. The molecule has 0 atom stereocenters. The van der Waals surface area contributed by atoms with Crippen LogP contribution in [0.2, 0.25) is 0 Å². The Labute approximate surface area is 115 Å². The maximum atomic E-state index is 5.95. The zero-order valence-electron chi connectivity index (χ0n) is 10.3. The first-order chi connectivity index (χ1) is 8.16. The van der Waals surface area contributed by atoms with Gasteiger partial charge in [0.05, 0.1) is 12.2 Å². The molecule has 0 unspecified atom stereocenters. The van der Waals surface area contributed by atoms with Gasteiger partial charge in [0.1, 0.15) is 0 Å². The first kappa shape index (κ1) is 14.3. The summed E-state index contributed by atoms with van der Waals surface area (Å²) in [5.74, 6) is 0. The minimum Gasteiger partial charge on any atom is -0.318 e. The third kappa shape index (κ3) is 5.20. The van der Waals surface area contributed by atoms with Gasteiger partial charge < -0.3 is 9.05 Å². The van der Waals surface area contributed by atoms with E-state index >= 15 is 0 Å². The average Bonchev–Trinajstić information content (AvgIpc) is 2.30. The van der Waals surface area contributed by atoms with Gasteiger partial charge in [0, 0.05) is 0 Å². The van der Waals surface area contributed by atoms with Crippen molar-refractivity contribution in [2.24, 2.45) is 0 Å². The molecule has 5 heteroatoms. The molecule has 0 aliphatic heterocycles. The molecule has 0 bridgehead atoms. The van der Waals surface area contributed by atoms with Crippen LogP contribution in [0.15, 0.2) is 0 Å². The molecular weight excluding hydrogens is 271 g/mol. The molecule has 2 fully saturated rings. The Morgan fingerprint density at radius 3 is 1.47 bits per heavy atom. The van der Waals surface area contributed by atoms with Crippen LogP contribution in [0.25, 0.3) is 0 Å². The molecule has 17 heavy (non-hydrogen) atoms. The van der Waals surface area contributed by atoms with Crippen molar-refractivity contribution in [3.8, 4) is 0 Å². The number of rotatable bonds is 4. The molecule has 0 aromatic heterocycles. The smallest absolute Gasteiger partial charge is 0.244 e. The SMILES string of the molecule is S=P(S)(OC1CCCCC1)OC1CCCCC1. The normalized spacial score (nSPS) is 25.0. The van der Waals surface area contributed by atoms with E-state index in [4.69, 9.17) is 20.9 Å². The molecule has 2 aliphatic rings. The lowest BCUT2D eigenvalue weighted by Crippen LogP contribution is -2.18. The minimum atomic E-state index is -2.30. The Morgan fingerprint density at radius 2 is 1.12 bits per heavy atom. The Balaban J connectivity index is 1.78. The third-order valence-corrected chi connectivity index (χ3v) is 5.88. The molecule has 2 rings (SSSR count). The van der Waals surface area contributed by atoms with Crippen molar-refractivity contribution in [1.82, 2.24) is 0 Å². The summed E-state index contributed by atoms with van der Waals surface area (Å²) in [7, 11) is 0. The molecule has 0 N–H and O–H groups in total. The molecule has 100 valence electrons. The Hall–Kier alpha value is 0.920. The van der Waals surface area contributed by atoms with E-state index in [1.165, 1.54) is 38.5 Å². The summed E-state index contributed by atoms with van der Waals surface area (Å²) in [6.45, 7) is 0. The highest BCUT2D eigenvalue weighted by Crippen LogP contribution is 2.57. The molecule has 0 saturated heterocycles.